The molecule has 2 aromatic rings. The fourth-order valence-corrected chi connectivity index (χ4v) is 2.52. The lowest BCUT2D eigenvalue weighted by atomic mass is 9.95. The van der Waals surface area contributed by atoms with Crippen molar-refractivity contribution >= 4 is 5.91 Å². The topological polar surface area (TPSA) is 29.1 Å². The van der Waals surface area contributed by atoms with E-state index in [1.807, 2.05) is 30.3 Å². The van der Waals surface area contributed by atoms with Crippen molar-refractivity contribution < 1.29 is 9.18 Å². The number of carbonyl (C=O) groups excluding carboxylic acids is 1. The Morgan fingerprint density at radius 3 is 2.35 bits per heavy atom. The first-order valence-electron chi connectivity index (χ1n) is 6.80. The van der Waals surface area contributed by atoms with Gasteiger partial charge in [0, 0.05) is 12.1 Å². The number of hydrogen-bond donors (Lipinski definition) is 1. The van der Waals surface area contributed by atoms with E-state index in [0.29, 0.717) is 5.56 Å². The molecule has 0 aromatic heterocycles. The Labute approximate surface area is 117 Å². The quantitative estimate of drug-likeness (QED) is 0.907. The highest BCUT2D eigenvalue weighted by Gasteiger charge is 2.50. The van der Waals surface area contributed by atoms with Crippen LogP contribution in [0.1, 0.15) is 24.0 Å². The zero-order valence-corrected chi connectivity index (χ0v) is 11.1. The first-order valence-corrected chi connectivity index (χ1v) is 6.80. The molecular formula is C17H16FNO. The van der Waals surface area contributed by atoms with Crippen molar-refractivity contribution in [2.75, 3.05) is 0 Å². The molecule has 1 amide bonds. The SMILES string of the molecule is O=C(NCc1ccccc1F)C1(c2ccccc2)CC1. The molecule has 1 aliphatic rings. The molecule has 0 spiro atoms. The van der Waals surface area contributed by atoms with Gasteiger partial charge in [-0.2, -0.15) is 0 Å². The summed E-state index contributed by atoms with van der Waals surface area (Å²) in [5.41, 5.74) is 1.17. The number of amides is 1. The van der Waals surface area contributed by atoms with E-state index in [2.05, 4.69) is 5.32 Å². The molecular weight excluding hydrogens is 253 g/mol. The smallest absolute Gasteiger partial charge is 0.230 e. The largest absolute Gasteiger partial charge is 0.351 e. The first kappa shape index (κ1) is 12.9. The molecule has 0 radical (unpaired) electrons. The zero-order valence-electron chi connectivity index (χ0n) is 11.1. The van der Waals surface area contributed by atoms with Crippen molar-refractivity contribution in [2.45, 2.75) is 24.8 Å². The monoisotopic (exact) mass is 269 g/mol. The molecule has 20 heavy (non-hydrogen) atoms. The van der Waals surface area contributed by atoms with Gasteiger partial charge in [0.15, 0.2) is 0 Å². The second-order valence-electron chi connectivity index (χ2n) is 5.22. The lowest BCUT2D eigenvalue weighted by molar-refractivity contribution is -0.123. The van der Waals surface area contributed by atoms with Crippen LogP contribution >= 0.6 is 0 Å². The van der Waals surface area contributed by atoms with Crippen molar-refractivity contribution in [3.63, 3.8) is 0 Å². The highest BCUT2D eigenvalue weighted by molar-refractivity contribution is 5.91. The van der Waals surface area contributed by atoms with Gasteiger partial charge in [-0.3, -0.25) is 4.79 Å². The summed E-state index contributed by atoms with van der Waals surface area (Å²) in [6.07, 6.45) is 1.72. The van der Waals surface area contributed by atoms with E-state index in [1.165, 1.54) is 6.07 Å². The summed E-state index contributed by atoms with van der Waals surface area (Å²) < 4.78 is 13.5. The maximum atomic E-state index is 13.5. The minimum Gasteiger partial charge on any atom is -0.351 e. The lowest BCUT2D eigenvalue weighted by Crippen LogP contribution is -2.34. The van der Waals surface area contributed by atoms with Crippen LogP contribution in [0.15, 0.2) is 54.6 Å². The normalized spacial score (nSPS) is 15.7. The van der Waals surface area contributed by atoms with E-state index >= 15 is 0 Å². The maximum Gasteiger partial charge on any atom is 0.230 e. The third-order valence-corrected chi connectivity index (χ3v) is 3.91. The van der Waals surface area contributed by atoms with Gasteiger partial charge < -0.3 is 5.32 Å². The van der Waals surface area contributed by atoms with Gasteiger partial charge in [-0.1, -0.05) is 48.5 Å². The van der Waals surface area contributed by atoms with Crippen LogP contribution in [0.3, 0.4) is 0 Å². The minimum absolute atomic E-state index is 0.00745. The van der Waals surface area contributed by atoms with E-state index < -0.39 is 5.41 Å². The molecule has 1 aliphatic carbocycles. The molecule has 3 rings (SSSR count). The molecule has 1 N–H and O–H groups in total. The maximum absolute atomic E-state index is 13.5. The van der Waals surface area contributed by atoms with Crippen LogP contribution in [-0.4, -0.2) is 5.91 Å². The standard InChI is InChI=1S/C17H16FNO/c18-15-9-5-4-6-13(15)12-19-16(20)17(10-11-17)14-7-2-1-3-8-14/h1-9H,10-12H2,(H,19,20). The van der Waals surface area contributed by atoms with Gasteiger partial charge >= 0.3 is 0 Å². The van der Waals surface area contributed by atoms with Crippen LogP contribution in [0.2, 0.25) is 0 Å². The molecule has 0 aliphatic heterocycles. The fourth-order valence-electron chi connectivity index (χ4n) is 2.52. The Balaban J connectivity index is 1.70. The van der Waals surface area contributed by atoms with E-state index in [4.69, 9.17) is 0 Å². The van der Waals surface area contributed by atoms with Gasteiger partial charge in [0.05, 0.1) is 5.41 Å². The van der Waals surface area contributed by atoms with Gasteiger partial charge in [0.25, 0.3) is 0 Å². The number of rotatable bonds is 4. The van der Waals surface area contributed by atoms with Crippen LogP contribution in [0.5, 0.6) is 0 Å². The Kier molecular flexibility index (Phi) is 3.26. The summed E-state index contributed by atoms with van der Waals surface area (Å²) >= 11 is 0. The summed E-state index contributed by atoms with van der Waals surface area (Å²) in [7, 11) is 0. The second-order valence-corrected chi connectivity index (χ2v) is 5.22. The molecule has 0 saturated heterocycles. The van der Waals surface area contributed by atoms with Crippen LogP contribution in [0.4, 0.5) is 4.39 Å². The summed E-state index contributed by atoms with van der Waals surface area (Å²) in [5.74, 6) is -0.288. The molecule has 0 unspecified atom stereocenters. The molecule has 2 aromatic carbocycles. The van der Waals surface area contributed by atoms with Gasteiger partial charge in [0.2, 0.25) is 5.91 Å². The Morgan fingerprint density at radius 1 is 1.05 bits per heavy atom. The number of hydrogen-bond acceptors (Lipinski definition) is 1. The average molecular weight is 269 g/mol. The molecule has 0 heterocycles. The summed E-state index contributed by atoms with van der Waals surface area (Å²) in [6.45, 7) is 0.236. The molecule has 1 fully saturated rings. The van der Waals surface area contributed by atoms with Gasteiger partial charge in [-0.05, 0) is 24.5 Å². The van der Waals surface area contributed by atoms with Crippen molar-refractivity contribution in [3.8, 4) is 0 Å². The second kappa shape index (κ2) is 5.08. The van der Waals surface area contributed by atoms with Crippen molar-refractivity contribution in [3.05, 3.63) is 71.5 Å². The van der Waals surface area contributed by atoms with E-state index in [1.54, 1.807) is 18.2 Å². The van der Waals surface area contributed by atoms with Crippen LogP contribution in [-0.2, 0) is 16.8 Å². The van der Waals surface area contributed by atoms with Crippen LogP contribution in [0, 0.1) is 5.82 Å². The van der Waals surface area contributed by atoms with E-state index in [0.717, 1.165) is 18.4 Å². The Bertz CT molecular complexity index is 620. The van der Waals surface area contributed by atoms with Crippen LogP contribution < -0.4 is 5.32 Å². The summed E-state index contributed by atoms with van der Waals surface area (Å²) in [5, 5.41) is 2.86. The van der Waals surface area contributed by atoms with E-state index in [9.17, 15) is 9.18 Å². The number of nitrogens with one attached hydrogen (secondary N) is 1. The van der Waals surface area contributed by atoms with Gasteiger partial charge in [-0.25, -0.2) is 4.39 Å². The molecule has 0 bridgehead atoms. The number of halogens is 1. The van der Waals surface area contributed by atoms with Crippen molar-refractivity contribution in [2.24, 2.45) is 0 Å². The predicted octanol–water partition coefficient (Wildman–Crippen LogP) is 3.17. The van der Waals surface area contributed by atoms with Crippen LogP contribution in [0.25, 0.3) is 0 Å². The predicted molar refractivity (Wildman–Crippen MR) is 75.6 cm³/mol. The molecule has 102 valence electrons. The molecule has 0 atom stereocenters. The van der Waals surface area contributed by atoms with Gasteiger partial charge in [0.1, 0.15) is 5.82 Å². The summed E-state index contributed by atoms with van der Waals surface area (Å²) in [4.78, 5) is 12.4. The van der Waals surface area contributed by atoms with E-state index in [-0.39, 0.29) is 18.3 Å². The van der Waals surface area contributed by atoms with Crippen molar-refractivity contribution in [1.29, 1.82) is 0 Å². The van der Waals surface area contributed by atoms with Crippen molar-refractivity contribution in [1.82, 2.24) is 5.32 Å². The summed E-state index contributed by atoms with van der Waals surface area (Å²) in [6, 6.07) is 16.3. The zero-order chi connectivity index (χ0) is 14.0. The van der Waals surface area contributed by atoms with Gasteiger partial charge in [-0.15, -0.1) is 0 Å². The molecule has 3 heteroatoms. The number of benzene rings is 2. The number of carbonyl (C=O) groups is 1. The molecule has 1 saturated carbocycles. The Morgan fingerprint density at radius 2 is 1.70 bits per heavy atom. The Hall–Kier alpha value is -2.16. The average Bonchev–Trinajstić information content (AvgIpc) is 3.29. The third-order valence-electron chi connectivity index (χ3n) is 3.91. The lowest BCUT2D eigenvalue weighted by Gasteiger charge is -2.16. The molecule has 2 nitrogen and oxygen atoms in total. The first-order chi connectivity index (χ1) is 9.72. The highest BCUT2D eigenvalue weighted by Crippen LogP contribution is 2.48. The fraction of sp³-hybridized carbons (Fsp3) is 0.235. The minimum atomic E-state index is -0.396. The highest BCUT2D eigenvalue weighted by atomic mass is 19.1. The third kappa shape index (κ3) is 2.31.